The van der Waals surface area contributed by atoms with Crippen LogP contribution in [-0.2, 0) is 0 Å². The van der Waals surface area contributed by atoms with Gasteiger partial charge in [0.05, 0.1) is 0 Å². The van der Waals surface area contributed by atoms with Crippen molar-refractivity contribution < 1.29 is 4.42 Å². The van der Waals surface area contributed by atoms with Crippen LogP contribution in [0.15, 0.2) is 46.9 Å². The summed E-state index contributed by atoms with van der Waals surface area (Å²) in [5.41, 5.74) is 2.06. The fourth-order valence-corrected chi connectivity index (χ4v) is 2.31. The Morgan fingerprint density at radius 2 is 1.81 bits per heavy atom. The van der Waals surface area contributed by atoms with E-state index < -0.39 is 0 Å². The molecule has 0 N–H and O–H groups in total. The van der Waals surface area contributed by atoms with Gasteiger partial charge >= 0.3 is 0 Å². The SMILES string of the molecule is Cc1cc(=S)oc2c1ccc1ccccc12. The summed E-state index contributed by atoms with van der Waals surface area (Å²) >= 11 is 5.12. The average Bonchev–Trinajstić information content (AvgIpc) is 2.28. The second-order valence-electron chi connectivity index (χ2n) is 3.91. The van der Waals surface area contributed by atoms with Crippen molar-refractivity contribution in [3.05, 3.63) is 52.7 Å². The molecule has 2 heteroatoms. The lowest BCUT2D eigenvalue weighted by molar-refractivity contribution is 0.589. The van der Waals surface area contributed by atoms with Crippen LogP contribution in [-0.4, -0.2) is 0 Å². The van der Waals surface area contributed by atoms with Crippen LogP contribution in [0, 0.1) is 11.6 Å². The first-order valence-corrected chi connectivity index (χ1v) is 5.59. The molecular formula is C14H10OS. The van der Waals surface area contributed by atoms with E-state index in [9.17, 15) is 0 Å². The fourth-order valence-electron chi connectivity index (χ4n) is 2.05. The van der Waals surface area contributed by atoms with Crippen LogP contribution in [0.2, 0.25) is 0 Å². The van der Waals surface area contributed by atoms with Crippen LogP contribution >= 0.6 is 12.2 Å². The lowest BCUT2D eigenvalue weighted by Gasteiger charge is -2.04. The van der Waals surface area contributed by atoms with Crippen molar-refractivity contribution in [1.29, 1.82) is 0 Å². The van der Waals surface area contributed by atoms with Crippen molar-refractivity contribution in [1.82, 2.24) is 0 Å². The minimum absolute atomic E-state index is 0.543. The minimum atomic E-state index is 0.543. The molecule has 78 valence electrons. The molecule has 0 aliphatic carbocycles. The van der Waals surface area contributed by atoms with Crippen LogP contribution in [0.3, 0.4) is 0 Å². The molecule has 1 aromatic heterocycles. The second-order valence-corrected chi connectivity index (χ2v) is 4.31. The van der Waals surface area contributed by atoms with Gasteiger partial charge in [-0.05, 0) is 36.2 Å². The van der Waals surface area contributed by atoms with Gasteiger partial charge < -0.3 is 4.42 Å². The molecule has 0 aliphatic heterocycles. The molecule has 16 heavy (non-hydrogen) atoms. The van der Waals surface area contributed by atoms with Crippen LogP contribution in [0.4, 0.5) is 0 Å². The second kappa shape index (κ2) is 3.42. The predicted octanol–water partition coefficient (Wildman–Crippen LogP) is 4.62. The van der Waals surface area contributed by atoms with E-state index in [1.165, 1.54) is 5.39 Å². The van der Waals surface area contributed by atoms with Crippen molar-refractivity contribution in [2.75, 3.05) is 0 Å². The number of hydrogen-bond donors (Lipinski definition) is 0. The molecule has 0 spiro atoms. The molecule has 1 heterocycles. The first kappa shape index (κ1) is 9.55. The number of fused-ring (bicyclic) bond motifs is 3. The van der Waals surface area contributed by atoms with Gasteiger partial charge in [-0.1, -0.05) is 36.4 Å². The largest absolute Gasteiger partial charge is 0.445 e. The Labute approximate surface area is 98.3 Å². The first-order valence-electron chi connectivity index (χ1n) is 5.18. The van der Waals surface area contributed by atoms with Gasteiger partial charge in [0.25, 0.3) is 0 Å². The summed E-state index contributed by atoms with van der Waals surface area (Å²) in [6.07, 6.45) is 0. The monoisotopic (exact) mass is 226 g/mol. The fraction of sp³-hybridized carbons (Fsp3) is 0.0714. The lowest BCUT2D eigenvalue weighted by Crippen LogP contribution is -1.81. The Morgan fingerprint density at radius 1 is 1.00 bits per heavy atom. The highest BCUT2D eigenvalue weighted by atomic mass is 32.1. The summed E-state index contributed by atoms with van der Waals surface area (Å²) in [6.45, 7) is 2.06. The van der Waals surface area contributed by atoms with E-state index in [2.05, 4.69) is 31.2 Å². The third-order valence-electron chi connectivity index (χ3n) is 2.84. The normalized spacial score (nSPS) is 11.1. The lowest BCUT2D eigenvalue weighted by atomic mass is 10.0. The molecule has 0 radical (unpaired) electrons. The van der Waals surface area contributed by atoms with Crippen molar-refractivity contribution >= 4 is 34.0 Å². The van der Waals surface area contributed by atoms with E-state index in [-0.39, 0.29) is 0 Å². The van der Waals surface area contributed by atoms with Gasteiger partial charge in [0.2, 0.25) is 0 Å². The molecule has 3 aromatic rings. The molecule has 2 aromatic carbocycles. The Morgan fingerprint density at radius 3 is 2.69 bits per heavy atom. The molecule has 0 saturated heterocycles. The van der Waals surface area contributed by atoms with Gasteiger partial charge in [0.1, 0.15) is 5.58 Å². The Hall–Kier alpha value is -1.67. The van der Waals surface area contributed by atoms with Gasteiger partial charge in [0.15, 0.2) is 4.71 Å². The highest BCUT2D eigenvalue weighted by Gasteiger charge is 2.04. The number of rotatable bonds is 0. The van der Waals surface area contributed by atoms with Gasteiger partial charge in [-0.2, -0.15) is 0 Å². The summed E-state index contributed by atoms with van der Waals surface area (Å²) in [5, 5.41) is 3.43. The van der Waals surface area contributed by atoms with E-state index in [4.69, 9.17) is 16.6 Å². The molecule has 0 amide bonds. The molecule has 0 unspecified atom stereocenters. The topological polar surface area (TPSA) is 13.1 Å². The molecule has 0 bridgehead atoms. The zero-order valence-corrected chi connectivity index (χ0v) is 9.67. The Kier molecular flexibility index (Phi) is 2.04. The van der Waals surface area contributed by atoms with Gasteiger partial charge in [0, 0.05) is 10.8 Å². The number of aryl methyl sites for hydroxylation is 1. The molecule has 0 atom stereocenters. The molecule has 0 aliphatic rings. The Bertz CT molecular complexity index is 740. The maximum absolute atomic E-state index is 5.67. The Balaban J connectivity index is 2.65. The highest BCUT2D eigenvalue weighted by Crippen LogP contribution is 2.27. The van der Waals surface area contributed by atoms with E-state index in [1.807, 2.05) is 18.2 Å². The number of hydrogen-bond acceptors (Lipinski definition) is 2. The van der Waals surface area contributed by atoms with E-state index in [0.29, 0.717) is 4.71 Å². The third kappa shape index (κ3) is 1.34. The quantitative estimate of drug-likeness (QED) is 0.409. The van der Waals surface area contributed by atoms with Crippen LogP contribution in [0.1, 0.15) is 5.56 Å². The van der Waals surface area contributed by atoms with E-state index in [0.717, 1.165) is 21.9 Å². The van der Waals surface area contributed by atoms with Crippen molar-refractivity contribution in [2.24, 2.45) is 0 Å². The zero-order valence-electron chi connectivity index (χ0n) is 8.86. The highest BCUT2D eigenvalue weighted by molar-refractivity contribution is 7.71. The summed E-state index contributed by atoms with van der Waals surface area (Å²) < 4.78 is 6.21. The van der Waals surface area contributed by atoms with Crippen LogP contribution in [0.5, 0.6) is 0 Å². The minimum Gasteiger partial charge on any atom is -0.445 e. The van der Waals surface area contributed by atoms with E-state index >= 15 is 0 Å². The van der Waals surface area contributed by atoms with Crippen molar-refractivity contribution in [3.63, 3.8) is 0 Å². The molecule has 0 fully saturated rings. The molecule has 0 saturated carbocycles. The molecule has 3 rings (SSSR count). The predicted molar refractivity (Wildman–Crippen MR) is 69.3 cm³/mol. The summed E-state index contributed by atoms with van der Waals surface area (Å²) in [6, 6.07) is 14.3. The average molecular weight is 226 g/mol. The maximum atomic E-state index is 5.67. The maximum Gasteiger partial charge on any atom is 0.191 e. The van der Waals surface area contributed by atoms with Gasteiger partial charge in [-0.15, -0.1) is 0 Å². The molecular weight excluding hydrogens is 216 g/mol. The summed E-state index contributed by atoms with van der Waals surface area (Å²) in [7, 11) is 0. The van der Waals surface area contributed by atoms with Gasteiger partial charge in [-0.25, -0.2) is 0 Å². The standard InChI is InChI=1S/C14H10OS/c1-9-8-13(16)15-14-11(9)7-6-10-4-2-3-5-12(10)14/h2-8H,1H3. The van der Waals surface area contributed by atoms with Crippen LogP contribution < -0.4 is 0 Å². The van der Waals surface area contributed by atoms with Crippen LogP contribution in [0.25, 0.3) is 21.7 Å². The van der Waals surface area contributed by atoms with Gasteiger partial charge in [-0.3, -0.25) is 0 Å². The first-order chi connectivity index (χ1) is 7.75. The van der Waals surface area contributed by atoms with Crippen molar-refractivity contribution in [2.45, 2.75) is 6.92 Å². The summed E-state index contributed by atoms with van der Waals surface area (Å²) in [4.78, 5) is 0. The number of benzene rings is 2. The van der Waals surface area contributed by atoms with Crippen molar-refractivity contribution in [3.8, 4) is 0 Å². The zero-order chi connectivity index (χ0) is 11.1. The third-order valence-corrected chi connectivity index (χ3v) is 3.04. The summed E-state index contributed by atoms with van der Waals surface area (Å²) in [5.74, 6) is 0. The smallest absolute Gasteiger partial charge is 0.191 e. The van der Waals surface area contributed by atoms with E-state index in [1.54, 1.807) is 0 Å². The molecule has 1 nitrogen and oxygen atoms in total.